The van der Waals surface area contributed by atoms with E-state index in [1.165, 1.54) is 0 Å². The van der Waals surface area contributed by atoms with Gasteiger partial charge in [0.15, 0.2) is 0 Å². The van der Waals surface area contributed by atoms with Gasteiger partial charge in [0.05, 0.1) is 7.11 Å². The van der Waals surface area contributed by atoms with E-state index >= 15 is 0 Å². The number of methoxy groups -OCH3 is 1. The number of alkyl halides is 2. The van der Waals surface area contributed by atoms with Crippen molar-refractivity contribution in [1.29, 1.82) is 0 Å². The molecule has 0 fully saturated rings. The Balaban J connectivity index is 2.46. The van der Waals surface area contributed by atoms with Gasteiger partial charge in [0.1, 0.15) is 11.9 Å². The molecule has 0 radical (unpaired) electrons. The molecule has 0 saturated heterocycles. The third kappa shape index (κ3) is 4.58. The van der Waals surface area contributed by atoms with Crippen LogP contribution < -0.4 is 10.1 Å². The van der Waals surface area contributed by atoms with Crippen LogP contribution in [0.25, 0.3) is 0 Å². The average Bonchev–Trinajstić information content (AvgIpc) is 2.36. The van der Waals surface area contributed by atoms with E-state index in [0.29, 0.717) is 6.42 Å². The van der Waals surface area contributed by atoms with Gasteiger partial charge < -0.3 is 15.2 Å². The highest BCUT2D eigenvalue weighted by Crippen LogP contribution is 2.18. The first kappa shape index (κ1) is 14.9. The van der Waals surface area contributed by atoms with E-state index in [2.05, 4.69) is 5.32 Å². The number of nitrogens with one attached hydrogen (secondary N) is 1. The van der Waals surface area contributed by atoms with Gasteiger partial charge in [-0.1, -0.05) is 18.2 Å². The normalized spacial score (nSPS) is 14.6. The Bertz CT molecular complexity index is 361. The summed E-state index contributed by atoms with van der Waals surface area (Å²) in [7, 11) is 1.59. The molecule has 5 heteroatoms. The maximum Gasteiger partial charge on any atom is 0.265 e. The van der Waals surface area contributed by atoms with Crippen LogP contribution in [0.1, 0.15) is 12.5 Å². The third-order valence-corrected chi connectivity index (χ3v) is 2.68. The number of benzene rings is 1. The Kier molecular flexibility index (Phi) is 6.01. The number of para-hydroxylation sites is 1. The topological polar surface area (TPSA) is 41.5 Å². The molecule has 1 aromatic carbocycles. The van der Waals surface area contributed by atoms with Crippen LogP contribution >= 0.6 is 0 Å². The van der Waals surface area contributed by atoms with Crippen molar-refractivity contribution in [2.45, 2.75) is 31.9 Å². The van der Waals surface area contributed by atoms with Crippen molar-refractivity contribution in [1.82, 2.24) is 5.32 Å². The van der Waals surface area contributed by atoms with E-state index < -0.39 is 12.5 Å². The second kappa shape index (κ2) is 7.28. The molecule has 0 aliphatic heterocycles. The molecule has 0 heterocycles. The molecule has 18 heavy (non-hydrogen) atoms. The quantitative estimate of drug-likeness (QED) is 0.785. The number of hydrogen-bond acceptors (Lipinski definition) is 3. The molecule has 2 unspecified atom stereocenters. The standard InChI is InChI=1S/C13H19F2NO2/c1-9(16-8-11(17)13(14)15)7-10-5-3-4-6-12(10)18-2/h3-6,9,11,13,16-17H,7-8H2,1-2H3. The van der Waals surface area contributed by atoms with Crippen molar-refractivity contribution < 1.29 is 18.6 Å². The highest BCUT2D eigenvalue weighted by Gasteiger charge is 2.17. The summed E-state index contributed by atoms with van der Waals surface area (Å²) in [5, 5.41) is 11.9. The van der Waals surface area contributed by atoms with E-state index in [1.54, 1.807) is 7.11 Å². The van der Waals surface area contributed by atoms with Gasteiger partial charge in [-0.2, -0.15) is 0 Å². The fourth-order valence-electron chi connectivity index (χ4n) is 1.68. The van der Waals surface area contributed by atoms with Crippen molar-refractivity contribution in [3.63, 3.8) is 0 Å². The first-order valence-corrected chi connectivity index (χ1v) is 5.86. The molecule has 0 aliphatic rings. The van der Waals surface area contributed by atoms with Gasteiger partial charge in [-0.25, -0.2) is 8.78 Å². The molecule has 1 rings (SSSR count). The van der Waals surface area contributed by atoms with E-state index in [9.17, 15) is 8.78 Å². The monoisotopic (exact) mass is 259 g/mol. The summed E-state index contributed by atoms with van der Waals surface area (Å²) < 4.78 is 29.4. The zero-order valence-corrected chi connectivity index (χ0v) is 10.6. The van der Waals surface area contributed by atoms with Crippen LogP contribution in [-0.2, 0) is 6.42 Å². The highest BCUT2D eigenvalue weighted by molar-refractivity contribution is 5.33. The Morgan fingerprint density at radius 3 is 2.61 bits per heavy atom. The summed E-state index contributed by atoms with van der Waals surface area (Å²) in [5.41, 5.74) is 1.01. The second-order valence-corrected chi connectivity index (χ2v) is 4.23. The molecule has 2 N–H and O–H groups in total. The zero-order chi connectivity index (χ0) is 13.5. The van der Waals surface area contributed by atoms with E-state index in [4.69, 9.17) is 9.84 Å². The van der Waals surface area contributed by atoms with Crippen molar-refractivity contribution in [3.8, 4) is 5.75 Å². The molecule has 0 aromatic heterocycles. The van der Waals surface area contributed by atoms with Crippen LogP contribution in [0.15, 0.2) is 24.3 Å². The van der Waals surface area contributed by atoms with Gasteiger partial charge >= 0.3 is 0 Å². The molecule has 1 aromatic rings. The first-order chi connectivity index (χ1) is 8.54. The molecule has 2 atom stereocenters. The van der Waals surface area contributed by atoms with Crippen molar-refractivity contribution in [3.05, 3.63) is 29.8 Å². The summed E-state index contributed by atoms with van der Waals surface area (Å²) in [5.74, 6) is 0.778. The lowest BCUT2D eigenvalue weighted by Crippen LogP contribution is -2.38. The summed E-state index contributed by atoms with van der Waals surface area (Å²) in [6.07, 6.45) is -3.68. The fourth-order valence-corrected chi connectivity index (χ4v) is 1.68. The Labute approximate surface area is 106 Å². The van der Waals surface area contributed by atoms with Crippen molar-refractivity contribution in [2.75, 3.05) is 13.7 Å². The largest absolute Gasteiger partial charge is 0.496 e. The molecule has 0 saturated carbocycles. The Morgan fingerprint density at radius 2 is 2.00 bits per heavy atom. The highest BCUT2D eigenvalue weighted by atomic mass is 19.3. The lowest BCUT2D eigenvalue weighted by atomic mass is 10.1. The molecule has 102 valence electrons. The van der Waals surface area contributed by atoms with Gasteiger partial charge in [-0.3, -0.25) is 0 Å². The predicted octanol–water partition coefficient (Wildman–Crippen LogP) is 1.84. The van der Waals surface area contributed by atoms with Crippen LogP contribution in [0, 0.1) is 0 Å². The minimum Gasteiger partial charge on any atom is -0.496 e. The minimum atomic E-state index is -2.71. The van der Waals surface area contributed by atoms with Crippen LogP contribution in [0.5, 0.6) is 5.75 Å². The van der Waals surface area contributed by atoms with Gasteiger partial charge in [0.25, 0.3) is 6.43 Å². The molecule has 3 nitrogen and oxygen atoms in total. The molecule has 0 bridgehead atoms. The Hall–Kier alpha value is -1.20. The van der Waals surface area contributed by atoms with Crippen molar-refractivity contribution >= 4 is 0 Å². The summed E-state index contributed by atoms with van der Waals surface area (Å²) in [4.78, 5) is 0. The van der Waals surface area contributed by atoms with E-state index in [0.717, 1.165) is 11.3 Å². The number of halogens is 2. The SMILES string of the molecule is COc1ccccc1CC(C)NCC(O)C(F)F. The summed E-state index contributed by atoms with van der Waals surface area (Å²) in [6.45, 7) is 1.76. The summed E-state index contributed by atoms with van der Waals surface area (Å²) in [6, 6.07) is 7.55. The number of rotatable bonds is 7. The summed E-state index contributed by atoms with van der Waals surface area (Å²) >= 11 is 0. The lowest BCUT2D eigenvalue weighted by molar-refractivity contribution is -0.00434. The van der Waals surface area contributed by atoms with Gasteiger partial charge in [-0.15, -0.1) is 0 Å². The number of hydrogen-bond donors (Lipinski definition) is 2. The van der Waals surface area contributed by atoms with Gasteiger partial charge in [0, 0.05) is 12.6 Å². The molecule has 0 aliphatic carbocycles. The number of aliphatic hydroxyl groups excluding tert-OH is 1. The third-order valence-electron chi connectivity index (χ3n) is 2.68. The Morgan fingerprint density at radius 1 is 1.33 bits per heavy atom. The molecular weight excluding hydrogens is 240 g/mol. The smallest absolute Gasteiger partial charge is 0.265 e. The second-order valence-electron chi connectivity index (χ2n) is 4.23. The number of aliphatic hydroxyl groups is 1. The van der Waals surface area contributed by atoms with Crippen LogP contribution in [0.2, 0.25) is 0 Å². The molecule has 0 spiro atoms. The average molecular weight is 259 g/mol. The lowest BCUT2D eigenvalue weighted by Gasteiger charge is -2.18. The van der Waals surface area contributed by atoms with Crippen LogP contribution in [-0.4, -0.2) is 37.3 Å². The van der Waals surface area contributed by atoms with Crippen LogP contribution in [0.3, 0.4) is 0 Å². The maximum absolute atomic E-state index is 12.1. The van der Waals surface area contributed by atoms with Crippen molar-refractivity contribution in [2.24, 2.45) is 0 Å². The zero-order valence-electron chi connectivity index (χ0n) is 10.6. The number of ether oxygens (including phenoxy) is 1. The first-order valence-electron chi connectivity index (χ1n) is 5.86. The van der Waals surface area contributed by atoms with E-state index in [1.807, 2.05) is 31.2 Å². The fraction of sp³-hybridized carbons (Fsp3) is 0.538. The van der Waals surface area contributed by atoms with Gasteiger partial charge in [-0.05, 0) is 25.0 Å². The predicted molar refractivity (Wildman–Crippen MR) is 66.2 cm³/mol. The van der Waals surface area contributed by atoms with Gasteiger partial charge in [0.2, 0.25) is 0 Å². The molecule has 0 amide bonds. The molecular formula is C13H19F2NO2. The van der Waals surface area contributed by atoms with E-state index in [-0.39, 0.29) is 12.6 Å². The van der Waals surface area contributed by atoms with Crippen LogP contribution in [0.4, 0.5) is 8.78 Å². The maximum atomic E-state index is 12.1. The minimum absolute atomic E-state index is 0.0188.